The Morgan fingerprint density at radius 2 is 1.91 bits per heavy atom. The highest BCUT2D eigenvalue weighted by Gasteiger charge is 2.17. The fourth-order valence-electron chi connectivity index (χ4n) is 2.42. The Bertz CT molecular complexity index is 582. The van der Waals surface area contributed by atoms with Crippen LogP contribution in [-0.2, 0) is 0 Å². The van der Waals surface area contributed by atoms with Crippen LogP contribution < -0.4 is 10.6 Å². The molecule has 5 nitrogen and oxygen atoms in total. The molecule has 1 aromatic carbocycles. The minimum absolute atomic E-state index is 0.0584. The second kappa shape index (κ2) is 8.39. The van der Waals surface area contributed by atoms with Gasteiger partial charge in [0, 0.05) is 0 Å². The van der Waals surface area contributed by atoms with Gasteiger partial charge in [-0.25, -0.2) is 4.79 Å². The van der Waals surface area contributed by atoms with Crippen molar-refractivity contribution in [2.45, 2.75) is 32.4 Å². The molecule has 1 heterocycles. The Kier molecular flexibility index (Phi) is 6.23. The molecule has 2 atom stereocenters. The van der Waals surface area contributed by atoms with E-state index in [1.165, 1.54) is 6.26 Å². The number of amides is 2. The van der Waals surface area contributed by atoms with Gasteiger partial charge in [-0.3, -0.25) is 0 Å². The zero-order chi connectivity index (χ0) is 16.7. The number of rotatable bonds is 7. The second-order valence-electron chi connectivity index (χ2n) is 5.98. The predicted octanol–water partition coefficient (Wildman–Crippen LogP) is 3.40. The van der Waals surface area contributed by atoms with Crippen molar-refractivity contribution >= 4 is 6.03 Å². The third kappa shape index (κ3) is 5.45. The van der Waals surface area contributed by atoms with E-state index in [2.05, 4.69) is 24.5 Å². The highest BCUT2D eigenvalue weighted by Crippen LogP contribution is 2.21. The maximum Gasteiger partial charge on any atom is 0.315 e. The van der Waals surface area contributed by atoms with E-state index in [0.717, 1.165) is 12.0 Å². The lowest BCUT2D eigenvalue weighted by Gasteiger charge is -2.22. The standard InChI is InChI=1S/C18H24N2O3/c1-13(2)11-15(14-7-4-3-5-8-14)20-18(22)19-12-16(21)17-9-6-10-23-17/h3-10,13,15-16,21H,11-12H2,1-2H3,(H2,19,20,22). The van der Waals surface area contributed by atoms with Crippen molar-refractivity contribution in [2.75, 3.05) is 6.54 Å². The van der Waals surface area contributed by atoms with Crippen molar-refractivity contribution in [1.29, 1.82) is 0 Å². The van der Waals surface area contributed by atoms with Crippen molar-refractivity contribution in [1.82, 2.24) is 10.6 Å². The molecule has 0 radical (unpaired) electrons. The van der Waals surface area contributed by atoms with E-state index in [1.807, 2.05) is 30.3 Å². The van der Waals surface area contributed by atoms with E-state index in [1.54, 1.807) is 12.1 Å². The van der Waals surface area contributed by atoms with Gasteiger partial charge in [-0.15, -0.1) is 0 Å². The number of carbonyl (C=O) groups is 1. The summed E-state index contributed by atoms with van der Waals surface area (Å²) in [4.78, 5) is 12.1. The van der Waals surface area contributed by atoms with Gasteiger partial charge in [0.25, 0.3) is 0 Å². The molecule has 2 amide bonds. The minimum atomic E-state index is -0.851. The van der Waals surface area contributed by atoms with Crippen LogP contribution in [0.5, 0.6) is 0 Å². The number of aliphatic hydroxyl groups excluding tert-OH is 1. The Labute approximate surface area is 136 Å². The molecular formula is C18H24N2O3. The molecule has 0 spiro atoms. The summed E-state index contributed by atoms with van der Waals surface area (Å²) < 4.78 is 5.11. The molecule has 0 bridgehead atoms. The first kappa shape index (κ1) is 17.1. The van der Waals surface area contributed by atoms with Gasteiger partial charge >= 0.3 is 6.03 Å². The Morgan fingerprint density at radius 3 is 2.52 bits per heavy atom. The summed E-state index contributed by atoms with van der Waals surface area (Å²) in [6, 6.07) is 12.9. The summed E-state index contributed by atoms with van der Waals surface area (Å²) in [5, 5.41) is 15.6. The Morgan fingerprint density at radius 1 is 1.17 bits per heavy atom. The first-order chi connectivity index (χ1) is 11.1. The molecular weight excluding hydrogens is 292 g/mol. The predicted molar refractivity (Wildman–Crippen MR) is 88.8 cm³/mol. The van der Waals surface area contributed by atoms with Gasteiger partial charge < -0.3 is 20.2 Å². The lowest BCUT2D eigenvalue weighted by Crippen LogP contribution is -2.40. The van der Waals surface area contributed by atoms with Crippen LogP contribution in [0.25, 0.3) is 0 Å². The van der Waals surface area contributed by atoms with Crippen LogP contribution in [-0.4, -0.2) is 17.7 Å². The number of nitrogens with one attached hydrogen (secondary N) is 2. The zero-order valence-corrected chi connectivity index (χ0v) is 13.5. The first-order valence-electron chi connectivity index (χ1n) is 7.87. The van der Waals surface area contributed by atoms with Gasteiger partial charge in [-0.1, -0.05) is 44.2 Å². The smallest absolute Gasteiger partial charge is 0.315 e. The zero-order valence-electron chi connectivity index (χ0n) is 13.5. The number of aliphatic hydroxyl groups is 1. The molecule has 3 N–H and O–H groups in total. The third-order valence-corrected chi connectivity index (χ3v) is 3.54. The van der Waals surface area contributed by atoms with Crippen molar-refractivity contribution in [3.05, 3.63) is 60.1 Å². The lowest BCUT2D eigenvalue weighted by molar-refractivity contribution is 0.147. The highest BCUT2D eigenvalue weighted by atomic mass is 16.4. The van der Waals surface area contributed by atoms with E-state index >= 15 is 0 Å². The monoisotopic (exact) mass is 316 g/mol. The number of furan rings is 1. The minimum Gasteiger partial charge on any atom is -0.467 e. The Balaban J connectivity index is 1.90. The van der Waals surface area contributed by atoms with Gasteiger partial charge in [0.2, 0.25) is 0 Å². The van der Waals surface area contributed by atoms with Crippen LogP contribution in [0.15, 0.2) is 53.1 Å². The van der Waals surface area contributed by atoms with Crippen LogP contribution in [0.1, 0.15) is 43.7 Å². The first-order valence-corrected chi connectivity index (χ1v) is 7.87. The summed E-state index contributed by atoms with van der Waals surface area (Å²) in [6.07, 6.45) is 1.49. The topological polar surface area (TPSA) is 74.5 Å². The van der Waals surface area contributed by atoms with Gasteiger partial charge in [0.05, 0.1) is 18.8 Å². The van der Waals surface area contributed by atoms with Gasteiger partial charge in [-0.05, 0) is 30.0 Å². The van der Waals surface area contributed by atoms with E-state index in [-0.39, 0.29) is 18.6 Å². The number of urea groups is 1. The van der Waals surface area contributed by atoms with Gasteiger partial charge in [0.15, 0.2) is 0 Å². The van der Waals surface area contributed by atoms with Crippen LogP contribution in [0, 0.1) is 5.92 Å². The fraction of sp³-hybridized carbons (Fsp3) is 0.389. The number of benzene rings is 1. The van der Waals surface area contributed by atoms with Crippen LogP contribution in [0.3, 0.4) is 0 Å². The Hall–Kier alpha value is -2.27. The normalized spacial score (nSPS) is 13.6. The van der Waals surface area contributed by atoms with Crippen molar-refractivity contribution in [3.63, 3.8) is 0 Å². The van der Waals surface area contributed by atoms with Crippen molar-refractivity contribution in [2.24, 2.45) is 5.92 Å². The molecule has 2 unspecified atom stereocenters. The molecule has 0 aliphatic rings. The largest absolute Gasteiger partial charge is 0.467 e. The molecule has 23 heavy (non-hydrogen) atoms. The van der Waals surface area contributed by atoms with E-state index in [9.17, 15) is 9.90 Å². The number of carbonyl (C=O) groups excluding carboxylic acids is 1. The maximum atomic E-state index is 12.1. The molecule has 124 valence electrons. The SMILES string of the molecule is CC(C)CC(NC(=O)NCC(O)c1ccco1)c1ccccc1. The van der Waals surface area contributed by atoms with Gasteiger partial charge in [0.1, 0.15) is 11.9 Å². The lowest BCUT2D eigenvalue weighted by atomic mass is 9.97. The molecule has 0 saturated carbocycles. The number of hydrogen-bond donors (Lipinski definition) is 3. The molecule has 5 heteroatoms. The van der Waals surface area contributed by atoms with Crippen molar-refractivity contribution < 1.29 is 14.3 Å². The molecule has 1 aromatic heterocycles. The summed E-state index contributed by atoms with van der Waals surface area (Å²) in [5.74, 6) is 0.890. The average molecular weight is 316 g/mol. The quantitative estimate of drug-likeness (QED) is 0.733. The number of hydrogen-bond acceptors (Lipinski definition) is 3. The molecule has 2 rings (SSSR count). The second-order valence-corrected chi connectivity index (χ2v) is 5.98. The molecule has 0 saturated heterocycles. The molecule has 0 fully saturated rings. The van der Waals surface area contributed by atoms with Crippen molar-refractivity contribution in [3.8, 4) is 0 Å². The molecule has 0 aliphatic carbocycles. The van der Waals surface area contributed by atoms with Crippen LogP contribution in [0.4, 0.5) is 4.79 Å². The van der Waals surface area contributed by atoms with Crippen LogP contribution in [0.2, 0.25) is 0 Å². The maximum absolute atomic E-state index is 12.1. The summed E-state index contributed by atoms with van der Waals surface area (Å²) in [7, 11) is 0. The highest BCUT2D eigenvalue weighted by molar-refractivity contribution is 5.74. The fourth-order valence-corrected chi connectivity index (χ4v) is 2.42. The molecule has 2 aromatic rings. The van der Waals surface area contributed by atoms with Crippen LogP contribution >= 0.6 is 0 Å². The summed E-state index contributed by atoms with van der Waals surface area (Å²) >= 11 is 0. The average Bonchev–Trinajstić information content (AvgIpc) is 3.07. The summed E-state index contributed by atoms with van der Waals surface area (Å²) in [6.45, 7) is 4.34. The summed E-state index contributed by atoms with van der Waals surface area (Å²) in [5.41, 5.74) is 1.07. The van der Waals surface area contributed by atoms with E-state index in [0.29, 0.717) is 11.7 Å². The third-order valence-electron chi connectivity index (χ3n) is 3.54. The van der Waals surface area contributed by atoms with Gasteiger partial charge in [-0.2, -0.15) is 0 Å². The molecule has 0 aliphatic heterocycles. The van der Waals surface area contributed by atoms with E-state index in [4.69, 9.17) is 4.42 Å². The van der Waals surface area contributed by atoms with E-state index < -0.39 is 6.10 Å².